The first kappa shape index (κ1) is 15.0. The van der Waals surface area contributed by atoms with E-state index in [2.05, 4.69) is 10.6 Å². The second-order valence-electron chi connectivity index (χ2n) is 4.43. The number of imide groups is 1. The molecule has 104 valence electrons. The normalized spacial score (nSPS) is 11.6. The zero-order chi connectivity index (χ0) is 14.4. The number of carbonyl (C=O) groups excluding carboxylic acids is 2. The van der Waals surface area contributed by atoms with Crippen LogP contribution in [0.3, 0.4) is 0 Å². The largest absolute Gasteiger partial charge is 0.481 e. The van der Waals surface area contributed by atoms with Crippen LogP contribution < -0.4 is 15.4 Å². The van der Waals surface area contributed by atoms with Gasteiger partial charge in [-0.15, -0.1) is 0 Å². The number of aryl methyl sites for hydroxylation is 2. The third kappa shape index (κ3) is 4.99. The first-order valence-corrected chi connectivity index (χ1v) is 6.26. The van der Waals surface area contributed by atoms with E-state index >= 15 is 0 Å². The van der Waals surface area contributed by atoms with Crippen LogP contribution in [0.5, 0.6) is 5.75 Å². The molecule has 0 aliphatic heterocycles. The van der Waals surface area contributed by atoms with E-state index < -0.39 is 18.0 Å². The first-order valence-electron chi connectivity index (χ1n) is 6.26. The quantitative estimate of drug-likeness (QED) is 0.873. The summed E-state index contributed by atoms with van der Waals surface area (Å²) in [5.41, 5.74) is 2.12. The van der Waals surface area contributed by atoms with Crippen molar-refractivity contribution in [3.05, 3.63) is 29.3 Å². The Bertz CT molecular complexity index is 452. The average molecular weight is 264 g/mol. The van der Waals surface area contributed by atoms with Gasteiger partial charge in [0.1, 0.15) is 5.75 Å². The lowest BCUT2D eigenvalue weighted by Crippen LogP contribution is -2.45. The number of carbonyl (C=O) groups is 2. The zero-order valence-corrected chi connectivity index (χ0v) is 11.7. The Morgan fingerprint density at radius 2 is 1.79 bits per heavy atom. The fourth-order valence-electron chi connectivity index (χ4n) is 1.68. The smallest absolute Gasteiger partial charge is 0.321 e. The summed E-state index contributed by atoms with van der Waals surface area (Å²) in [6, 6.07) is 5.21. The van der Waals surface area contributed by atoms with Crippen molar-refractivity contribution in [1.82, 2.24) is 10.6 Å². The lowest BCUT2D eigenvalue weighted by Gasteiger charge is -2.15. The van der Waals surface area contributed by atoms with Gasteiger partial charge >= 0.3 is 6.03 Å². The van der Waals surface area contributed by atoms with Gasteiger partial charge in [0.2, 0.25) is 0 Å². The highest BCUT2D eigenvalue weighted by Gasteiger charge is 2.17. The van der Waals surface area contributed by atoms with Crippen LogP contribution in [0.2, 0.25) is 0 Å². The van der Waals surface area contributed by atoms with Gasteiger partial charge in [-0.3, -0.25) is 10.1 Å². The van der Waals surface area contributed by atoms with Crippen molar-refractivity contribution < 1.29 is 14.3 Å². The summed E-state index contributed by atoms with van der Waals surface area (Å²) in [6.07, 6.45) is -0.733. The van der Waals surface area contributed by atoms with Crippen LogP contribution in [0.15, 0.2) is 18.2 Å². The lowest BCUT2D eigenvalue weighted by atomic mass is 10.1. The van der Waals surface area contributed by atoms with Gasteiger partial charge in [-0.1, -0.05) is 6.07 Å². The minimum atomic E-state index is -0.733. The summed E-state index contributed by atoms with van der Waals surface area (Å²) < 4.78 is 5.52. The van der Waals surface area contributed by atoms with Crippen LogP contribution in [0.1, 0.15) is 25.0 Å². The Morgan fingerprint density at radius 1 is 1.21 bits per heavy atom. The first-order chi connectivity index (χ1) is 8.92. The van der Waals surface area contributed by atoms with Gasteiger partial charge in [0, 0.05) is 6.54 Å². The molecule has 1 rings (SSSR count). The second kappa shape index (κ2) is 6.78. The molecule has 3 amide bonds. The van der Waals surface area contributed by atoms with E-state index in [0.717, 1.165) is 11.1 Å². The number of amides is 3. The molecule has 19 heavy (non-hydrogen) atoms. The van der Waals surface area contributed by atoms with E-state index in [1.807, 2.05) is 32.0 Å². The van der Waals surface area contributed by atoms with Crippen molar-refractivity contribution in [2.24, 2.45) is 0 Å². The molecule has 0 heterocycles. The minimum absolute atomic E-state index is 0.464. The number of urea groups is 1. The summed E-state index contributed by atoms with van der Waals surface area (Å²) in [4.78, 5) is 22.9. The topological polar surface area (TPSA) is 67.4 Å². The summed E-state index contributed by atoms with van der Waals surface area (Å²) in [7, 11) is 0. The Balaban J connectivity index is 2.60. The molecule has 0 aliphatic carbocycles. The van der Waals surface area contributed by atoms with Gasteiger partial charge in [-0.05, 0) is 51.0 Å². The van der Waals surface area contributed by atoms with Gasteiger partial charge < -0.3 is 10.1 Å². The fraction of sp³-hybridized carbons (Fsp3) is 0.429. The molecular formula is C14H20N2O3. The predicted molar refractivity (Wildman–Crippen MR) is 73.2 cm³/mol. The van der Waals surface area contributed by atoms with Crippen LogP contribution in [0.25, 0.3) is 0 Å². The van der Waals surface area contributed by atoms with E-state index in [-0.39, 0.29) is 0 Å². The number of benzene rings is 1. The maximum atomic E-state index is 11.7. The van der Waals surface area contributed by atoms with Gasteiger partial charge in [0.25, 0.3) is 5.91 Å². The van der Waals surface area contributed by atoms with Crippen molar-refractivity contribution in [2.75, 3.05) is 6.54 Å². The molecule has 0 saturated heterocycles. The van der Waals surface area contributed by atoms with Gasteiger partial charge in [-0.2, -0.15) is 0 Å². The second-order valence-corrected chi connectivity index (χ2v) is 4.43. The Hall–Kier alpha value is -2.04. The molecule has 0 fully saturated rings. The van der Waals surface area contributed by atoms with Gasteiger partial charge in [-0.25, -0.2) is 4.79 Å². The number of nitrogens with one attached hydrogen (secondary N) is 2. The third-order valence-electron chi connectivity index (χ3n) is 2.45. The van der Waals surface area contributed by atoms with Gasteiger partial charge in [0.15, 0.2) is 6.10 Å². The molecule has 0 radical (unpaired) electrons. The van der Waals surface area contributed by atoms with Crippen molar-refractivity contribution in [2.45, 2.75) is 33.8 Å². The van der Waals surface area contributed by atoms with E-state index in [1.54, 1.807) is 13.8 Å². The van der Waals surface area contributed by atoms with Gasteiger partial charge in [0.05, 0.1) is 0 Å². The molecule has 0 spiro atoms. The number of hydrogen-bond acceptors (Lipinski definition) is 3. The van der Waals surface area contributed by atoms with E-state index in [1.165, 1.54) is 0 Å². The Morgan fingerprint density at radius 3 is 2.32 bits per heavy atom. The number of ether oxygens (including phenoxy) is 1. The van der Waals surface area contributed by atoms with Crippen LogP contribution in [0.4, 0.5) is 4.79 Å². The summed E-state index contributed by atoms with van der Waals surface area (Å²) in [5, 5.41) is 4.70. The van der Waals surface area contributed by atoms with Crippen LogP contribution >= 0.6 is 0 Å². The van der Waals surface area contributed by atoms with E-state index in [9.17, 15) is 9.59 Å². The van der Waals surface area contributed by atoms with Crippen molar-refractivity contribution >= 4 is 11.9 Å². The molecule has 2 N–H and O–H groups in total. The monoisotopic (exact) mass is 264 g/mol. The maximum absolute atomic E-state index is 11.7. The fourth-order valence-corrected chi connectivity index (χ4v) is 1.68. The Kier molecular flexibility index (Phi) is 5.36. The molecule has 5 nitrogen and oxygen atoms in total. The molecule has 1 atom stereocenters. The third-order valence-corrected chi connectivity index (χ3v) is 2.45. The van der Waals surface area contributed by atoms with Crippen LogP contribution in [-0.4, -0.2) is 24.6 Å². The SMILES string of the molecule is CCNC(=O)NC(=O)C(C)Oc1cc(C)cc(C)c1. The molecule has 0 bridgehead atoms. The maximum Gasteiger partial charge on any atom is 0.321 e. The molecule has 1 unspecified atom stereocenters. The molecule has 0 saturated carbocycles. The molecule has 5 heteroatoms. The van der Waals surface area contributed by atoms with Crippen molar-refractivity contribution in [1.29, 1.82) is 0 Å². The molecular weight excluding hydrogens is 244 g/mol. The van der Waals surface area contributed by atoms with Crippen LogP contribution in [0, 0.1) is 13.8 Å². The average Bonchev–Trinajstić information content (AvgIpc) is 2.27. The minimum Gasteiger partial charge on any atom is -0.481 e. The zero-order valence-electron chi connectivity index (χ0n) is 11.7. The van der Waals surface area contributed by atoms with E-state index in [0.29, 0.717) is 12.3 Å². The lowest BCUT2D eigenvalue weighted by molar-refractivity contribution is -0.126. The van der Waals surface area contributed by atoms with Crippen molar-refractivity contribution in [3.63, 3.8) is 0 Å². The number of hydrogen-bond donors (Lipinski definition) is 2. The van der Waals surface area contributed by atoms with Crippen molar-refractivity contribution in [3.8, 4) is 5.75 Å². The van der Waals surface area contributed by atoms with E-state index in [4.69, 9.17) is 4.74 Å². The highest BCUT2D eigenvalue weighted by atomic mass is 16.5. The van der Waals surface area contributed by atoms with Crippen LogP contribution in [-0.2, 0) is 4.79 Å². The highest BCUT2D eigenvalue weighted by molar-refractivity contribution is 5.96. The molecule has 1 aromatic carbocycles. The predicted octanol–water partition coefficient (Wildman–Crippen LogP) is 1.92. The molecule has 1 aromatic rings. The standard InChI is InChI=1S/C14H20N2O3/c1-5-15-14(18)16-13(17)11(4)19-12-7-9(2)6-10(3)8-12/h6-8,11H,5H2,1-4H3,(H2,15,16,17,18). The number of rotatable bonds is 4. The summed E-state index contributed by atoms with van der Waals surface area (Å²) in [6.45, 7) is 7.76. The highest BCUT2D eigenvalue weighted by Crippen LogP contribution is 2.17. The Labute approximate surface area is 113 Å². The molecule has 0 aliphatic rings. The summed E-state index contributed by atoms with van der Waals surface area (Å²) in [5.74, 6) is 0.154. The summed E-state index contributed by atoms with van der Waals surface area (Å²) >= 11 is 0. The molecule has 0 aromatic heterocycles.